The molecule has 3 heterocycles. The van der Waals surface area contributed by atoms with E-state index in [1.165, 1.54) is 16.7 Å². The molecule has 0 saturated carbocycles. The second kappa shape index (κ2) is 11.1. The van der Waals surface area contributed by atoms with E-state index in [0.29, 0.717) is 54.6 Å². The summed E-state index contributed by atoms with van der Waals surface area (Å²) in [5.41, 5.74) is 1.07. The maximum Gasteiger partial charge on any atom is 0.265 e. The minimum Gasteiger partial charge on any atom is -0.355 e. The Balaban J connectivity index is 1.40. The van der Waals surface area contributed by atoms with Crippen LogP contribution >= 0.6 is 23.4 Å². The molecule has 2 fully saturated rings. The molecule has 0 spiro atoms. The van der Waals surface area contributed by atoms with Gasteiger partial charge >= 0.3 is 0 Å². The second-order valence-corrected chi connectivity index (χ2v) is 10.4. The number of likely N-dealkylation sites (tertiary alicyclic amines) is 1. The molecular formula is C25H29ClF2N4O2S. The molecule has 1 N–H and O–H groups in total. The number of carbonyl (C=O) groups excluding carboxylic acids is 2. The van der Waals surface area contributed by atoms with Gasteiger partial charge in [0.1, 0.15) is 0 Å². The zero-order chi connectivity index (χ0) is 25.0. The molecule has 2 amide bonds. The van der Waals surface area contributed by atoms with E-state index in [0.717, 1.165) is 17.7 Å². The zero-order valence-corrected chi connectivity index (χ0v) is 21.2. The number of nitrogens with zero attached hydrogens (tertiary/aromatic N) is 3. The Hall–Kier alpha value is -2.39. The molecule has 1 aromatic heterocycles. The van der Waals surface area contributed by atoms with Gasteiger partial charge in [0.25, 0.3) is 11.8 Å². The van der Waals surface area contributed by atoms with Crippen LogP contribution in [0.2, 0.25) is 5.02 Å². The third-order valence-electron chi connectivity index (χ3n) is 6.54. The monoisotopic (exact) mass is 522 g/mol. The van der Waals surface area contributed by atoms with Gasteiger partial charge in [0.05, 0.1) is 12.2 Å². The SMILES string of the molecule is CSc1cnc(N2CCC(CC(=O)N3CCCC(F)(F)C3)CC2)c(NC(=O)c2cccc(Cl)c2)c1. The fourth-order valence-corrected chi connectivity index (χ4v) is 5.21. The number of hydrogen-bond donors (Lipinski definition) is 1. The fourth-order valence-electron chi connectivity index (χ4n) is 4.62. The molecule has 0 bridgehead atoms. The number of alkyl halides is 2. The predicted octanol–water partition coefficient (Wildman–Crippen LogP) is 5.57. The van der Waals surface area contributed by atoms with Crippen LogP contribution < -0.4 is 10.2 Å². The van der Waals surface area contributed by atoms with Crippen LogP contribution in [0, 0.1) is 5.92 Å². The normalized spacial score (nSPS) is 18.4. The number of piperidine rings is 2. The van der Waals surface area contributed by atoms with Crippen molar-refractivity contribution in [3.05, 3.63) is 47.1 Å². The molecule has 0 atom stereocenters. The van der Waals surface area contributed by atoms with Crippen LogP contribution in [0.4, 0.5) is 20.3 Å². The number of hydrogen-bond acceptors (Lipinski definition) is 5. The third-order valence-corrected chi connectivity index (χ3v) is 7.46. The molecule has 0 radical (unpaired) electrons. The highest BCUT2D eigenvalue weighted by Crippen LogP contribution is 2.33. The summed E-state index contributed by atoms with van der Waals surface area (Å²) in [6.07, 6.45) is 5.72. The van der Waals surface area contributed by atoms with Gasteiger partial charge in [-0.3, -0.25) is 9.59 Å². The van der Waals surface area contributed by atoms with Gasteiger partial charge in [0.2, 0.25) is 5.91 Å². The molecule has 35 heavy (non-hydrogen) atoms. The van der Waals surface area contributed by atoms with E-state index < -0.39 is 12.5 Å². The standard InChI is InChI=1S/C25H29ClF2N4O2S/c1-35-20-14-21(30-24(34)18-4-2-5-19(26)13-18)23(29-15-20)31-10-6-17(7-11-31)12-22(33)32-9-3-8-25(27,28)16-32/h2,4-5,13-15,17H,3,6-12,16H2,1H3,(H,30,34). The lowest BCUT2D eigenvalue weighted by Crippen LogP contribution is -2.46. The first-order valence-electron chi connectivity index (χ1n) is 11.8. The van der Waals surface area contributed by atoms with E-state index in [9.17, 15) is 18.4 Å². The van der Waals surface area contributed by atoms with Gasteiger partial charge in [-0.15, -0.1) is 11.8 Å². The number of pyridine rings is 1. The first-order chi connectivity index (χ1) is 16.7. The average molecular weight is 523 g/mol. The van der Waals surface area contributed by atoms with Gasteiger partial charge < -0.3 is 15.1 Å². The Morgan fingerprint density at radius 1 is 1.23 bits per heavy atom. The lowest BCUT2D eigenvalue weighted by Gasteiger charge is -2.36. The number of benzene rings is 1. The van der Waals surface area contributed by atoms with Crippen LogP contribution in [0.1, 0.15) is 42.5 Å². The summed E-state index contributed by atoms with van der Waals surface area (Å²) in [5, 5.41) is 3.46. The van der Waals surface area contributed by atoms with Gasteiger partial charge in [-0.05, 0) is 55.7 Å². The Morgan fingerprint density at radius 2 is 2.00 bits per heavy atom. The molecule has 2 aliphatic heterocycles. The first-order valence-corrected chi connectivity index (χ1v) is 13.4. The van der Waals surface area contributed by atoms with Crippen molar-refractivity contribution in [2.45, 2.75) is 42.9 Å². The number of rotatable bonds is 6. The first kappa shape index (κ1) is 25.7. The topological polar surface area (TPSA) is 65.5 Å². The highest BCUT2D eigenvalue weighted by atomic mass is 35.5. The largest absolute Gasteiger partial charge is 0.355 e. The van der Waals surface area contributed by atoms with Crippen LogP contribution in [-0.4, -0.2) is 60.1 Å². The Morgan fingerprint density at radius 3 is 2.69 bits per heavy atom. The van der Waals surface area contributed by atoms with Crippen molar-refractivity contribution >= 4 is 46.7 Å². The third kappa shape index (κ3) is 6.64. The Bertz CT molecular complexity index is 1080. The smallest absolute Gasteiger partial charge is 0.265 e. The minimum absolute atomic E-state index is 0.143. The van der Waals surface area contributed by atoms with Gasteiger partial charge in [0.15, 0.2) is 5.82 Å². The number of amides is 2. The summed E-state index contributed by atoms with van der Waals surface area (Å²) >= 11 is 7.57. The molecule has 2 saturated heterocycles. The highest BCUT2D eigenvalue weighted by Gasteiger charge is 2.37. The molecule has 0 aliphatic carbocycles. The highest BCUT2D eigenvalue weighted by molar-refractivity contribution is 7.98. The van der Waals surface area contributed by atoms with Crippen LogP contribution in [0.15, 0.2) is 41.4 Å². The summed E-state index contributed by atoms with van der Waals surface area (Å²) in [5.74, 6) is -2.41. The van der Waals surface area contributed by atoms with Crippen molar-refractivity contribution in [3.8, 4) is 0 Å². The number of carbonyl (C=O) groups is 2. The molecular weight excluding hydrogens is 494 g/mol. The van der Waals surface area contributed by atoms with Crippen molar-refractivity contribution in [3.63, 3.8) is 0 Å². The summed E-state index contributed by atoms with van der Waals surface area (Å²) < 4.78 is 27.4. The van der Waals surface area contributed by atoms with Crippen molar-refractivity contribution in [1.29, 1.82) is 0 Å². The zero-order valence-electron chi connectivity index (χ0n) is 19.6. The van der Waals surface area contributed by atoms with Gasteiger partial charge in [-0.1, -0.05) is 17.7 Å². The lowest BCUT2D eigenvalue weighted by atomic mass is 9.92. The van der Waals surface area contributed by atoms with Crippen LogP contribution in [0.3, 0.4) is 0 Å². The van der Waals surface area contributed by atoms with Crippen LogP contribution in [0.5, 0.6) is 0 Å². The molecule has 4 rings (SSSR count). The van der Waals surface area contributed by atoms with Gasteiger partial charge in [-0.2, -0.15) is 0 Å². The summed E-state index contributed by atoms with van der Waals surface area (Å²) in [4.78, 5) is 34.4. The Kier molecular flexibility index (Phi) is 8.16. The number of anilines is 2. The molecule has 2 aromatic rings. The van der Waals surface area contributed by atoms with E-state index in [-0.39, 0.29) is 24.2 Å². The second-order valence-electron chi connectivity index (χ2n) is 9.12. The molecule has 1 aromatic carbocycles. The average Bonchev–Trinajstić information content (AvgIpc) is 2.84. The van der Waals surface area contributed by atoms with E-state index in [1.54, 1.807) is 30.5 Å². The van der Waals surface area contributed by atoms with Crippen molar-refractivity contribution in [2.24, 2.45) is 5.92 Å². The summed E-state index contributed by atoms with van der Waals surface area (Å²) in [7, 11) is 0. The summed E-state index contributed by atoms with van der Waals surface area (Å²) in [6, 6.07) is 8.66. The van der Waals surface area contributed by atoms with Crippen molar-refractivity contribution < 1.29 is 18.4 Å². The quantitative estimate of drug-likeness (QED) is 0.502. The van der Waals surface area contributed by atoms with Crippen molar-refractivity contribution in [2.75, 3.05) is 42.7 Å². The van der Waals surface area contributed by atoms with E-state index >= 15 is 0 Å². The van der Waals surface area contributed by atoms with E-state index in [1.807, 2.05) is 12.3 Å². The van der Waals surface area contributed by atoms with Gasteiger partial charge in [0, 0.05) is 54.2 Å². The van der Waals surface area contributed by atoms with Crippen molar-refractivity contribution in [1.82, 2.24) is 9.88 Å². The number of nitrogens with one attached hydrogen (secondary N) is 1. The maximum absolute atomic E-state index is 13.7. The lowest BCUT2D eigenvalue weighted by molar-refractivity contribution is -0.142. The van der Waals surface area contributed by atoms with Crippen LogP contribution in [0.25, 0.3) is 0 Å². The van der Waals surface area contributed by atoms with E-state index in [4.69, 9.17) is 11.6 Å². The van der Waals surface area contributed by atoms with Gasteiger partial charge in [-0.25, -0.2) is 13.8 Å². The maximum atomic E-state index is 13.7. The number of halogens is 3. The molecule has 6 nitrogen and oxygen atoms in total. The summed E-state index contributed by atoms with van der Waals surface area (Å²) in [6.45, 7) is 1.28. The minimum atomic E-state index is -2.78. The molecule has 10 heteroatoms. The van der Waals surface area contributed by atoms with Crippen LogP contribution in [-0.2, 0) is 4.79 Å². The Labute approximate surface area is 213 Å². The molecule has 0 unspecified atom stereocenters. The van der Waals surface area contributed by atoms with E-state index in [2.05, 4.69) is 15.2 Å². The predicted molar refractivity (Wildman–Crippen MR) is 136 cm³/mol. The molecule has 2 aliphatic rings. The fraction of sp³-hybridized carbons (Fsp3) is 0.480. The number of aromatic nitrogens is 1. The number of thioether (sulfide) groups is 1. The molecule has 188 valence electrons.